The number of nitrogens with one attached hydrogen (secondary N) is 1. The molecule has 0 aliphatic carbocycles. The average molecular weight is 399 g/mol. The first kappa shape index (κ1) is 15.1. The van der Waals surface area contributed by atoms with Crippen LogP contribution in [0.5, 0.6) is 0 Å². The van der Waals surface area contributed by atoms with E-state index in [1.54, 1.807) is 0 Å². The van der Waals surface area contributed by atoms with E-state index in [1.165, 1.54) is 0 Å². The molecule has 0 amide bonds. The summed E-state index contributed by atoms with van der Waals surface area (Å²) in [5.74, 6) is -0.919. The van der Waals surface area contributed by atoms with Crippen LogP contribution in [0.4, 0.5) is 5.69 Å². The summed E-state index contributed by atoms with van der Waals surface area (Å²) in [7, 11) is 0. The van der Waals surface area contributed by atoms with Gasteiger partial charge in [0.2, 0.25) is 0 Å². The van der Waals surface area contributed by atoms with Crippen LogP contribution in [0, 0.1) is 6.92 Å². The molecule has 104 valence electrons. The Morgan fingerprint density at radius 2 is 1.80 bits per heavy atom. The Morgan fingerprint density at radius 3 is 2.35 bits per heavy atom. The molecule has 2 aromatic rings. The van der Waals surface area contributed by atoms with Crippen LogP contribution in [0.25, 0.3) is 0 Å². The predicted octanol–water partition coefficient (Wildman–Crippen LogP) is 4.76. The van der Waals surface area contributed by atoms with Crippen molar-refractivity contribution in [2.24, 2.45) is 0 Å². The fourth-order valence-corrected chi connectivity index (χ4v) is 2.84. The van der Waals surface area contributed by atoms with Gasteiger partial charge in [0, 0.05) is 14.6 Å². The van der Waals surface area contributed by atoms with E-state index in [2.05, 4.69) is 37.2 Å². The van der Waals surface area contributed by atoms with E-state index in [4.69, 9.17) is 0 Å². The van der Waals surface area contributed by atoms with E-state index in [0.29, 0.717) is 5.56 Å². The number of carboxylic acids is 1. The molecule has 2 N–H and O–H groups in total. The maximum atomic E-state index is 11.5. The third kappa shape index (κ3) is 3.61. The van der Waals surface area contributed by atoms with Gasteiger partial charge < -0.3 is 10.4 Å². The Labute approximate surface area is 134 Å². The molecule has 0 saturated heterocycles. The van der Waals surface area contributed by atoms with Crippen LogP contribution in [-0.2, 0) is 4.79 Å². The zero-order chi connectivity index (χ0) is 14.7. The lowest BCUT2D eigenvalue weighted by molar-refractivity contribution is -0.138. The molecular weight excluding hydrogens is 386 g/mol. The molecule has 0 fully saturated rings. The molecule has 0 aromatic heterocycles. The molecule has 1 unspecified atom stereocenters. The van der Waals surface area contributed by atoms with Crippen LogP contribution < -0.4 is 5.32 Å². The summed E-state index contributed by atoms with van der Waals surface area (Å²) < 4.78 is 1.74. The van der Waals surface area contributed by atoms with E-state index in [9.17, 15) is 9.90 Å². The van der Waals surface area contributed by atoms with Gasteiger partial charge in [0.25, 0.3) is 0 Å². The summed E-state index contributed by atoms with van der Waals surface area (Å²) in [6, 6.07) is 12.2. The maximum absolute atomic E-state index is 11.5. The molecule has 3 nitrogen and oxygen atoms in total. The van der Waals surface area contributed by atoms with Gasteiger partial charge in [-0.25, -0.2) is 4.79 Å². The Hall–Kier alpha value is -1.33. The van der Waals surface area contributed by atoms with Gasteiger partial charge in [-0.1, -0.05) is 44.0 Å². The van der Waals surface area contributed by atoms with Crippen molar-refractivity contribution in [1.82, 2.24) is 0 Å². The standard InChI is InChI=1S/C15H13Br2NO2/c1-9-2-7-12(13(17)8-9)14(15(19)20)18-11-5-3-10(16)4-6-11/h2-8,14,18H,1H3,(H,19,20). The molecule has 0 heterocycles. The van der Waals surface area contributed by atoms with Crippen LogP contribution in [0.1, 0.15) is 17.2 Å². The Balaban J connectivity index is 2.31. The van der Waals surface area contributed by atoms with Gasteiger partial charge >= 0.3 is 5.97 Å². The number of rotatable bonds is 4. The molecule has 0 bridgehead atoms. The largest absolute Gasteiger partial charge is 0.479 e. The third-order valence-electron chi connectivity index (χ3n) is 2.87. The van der Waals surface area contributed by atoms with E-state index >= 15 is 0 Å². The molecule has 20 heavy (non-hydrogen) atoms. The smallest absolute Gasteiger partial charge is 0.330 e. The van der Waals surface area contributed by atoms with Crippen LogP contribution in [0.2, 0.25) is 0 Å². The van der Waals surface area contributed by atoms with Gasteiger partial charge in [0.05, 0.1) is 0 Å². The Kier molecular flexibility index (Phi) is 4.83. The SMILES string of the molecule is Cc1ccc(C(Nc2ccc(Br)cc2)C(=O)O)c(Br)c1. The van der Waals surface area contributed by atoms with E-state index in [1.807, 2.05) is 49.4 Å². The van der Waals surface area contributed by atoms with E-state index in [0.717, 1.165) is 20.2 Å². The molecule has 5 heteroatoms. The van der Waals surface area contributed by atoms with Crippen molar-refractivity contribution in [3.8, 4) is 0 Å². The molecule has 0 aliphatic rings. The Morgan fingerprint density at radius 1 is 1.15 bits per heavy atom. The topological polar surface area (TPSA) is 49.3 Å². The minimum absolute atomic E-state index is 0.700. The zero-order valence-corrected chi connectivity index (χ0v) is 13.9. The lowest BCUT2D eigenvalue weighted by Crippen LogP contribution is -2.21. The number of aliphatic carboxylic acids is 1. The molecule has 0 aliphatic heterocycles. The first-order chi connectivity index (χ1) is 9.47. The van der Waals surface area contributed by atoms with Crippen molar-refractivity contribution < 1.29 is 9.90 Å². The summed E-state index contributed by atoms with van der Waals surface area (Å²) in [5.41, 5.74) is 2.53. The molecule has 0 spiro atoms. The van der Waals surface area contributed by atoms with E-state index < -0.39 is 12.0 Å². The highest BCUT2D eigenvalue weighted by atomic mass is 79.9. The highest BCUT2D eigenvalue weighted by Gasteiger charge is 2.21. The minimum Gasteiger partial charge on any atom is -0.479 e. The second-order valence-electron chi connectivity index (χ2n) is 4.45. The summed E-state index contributed by atoms with van der Waals surface area (Å²) in [6.45, 7) is 1.96. The summed E-state index contributed by atoms with van der Waals surface area (Å²) in [6.07, 6.45) is 0. The van der Waals surface area contributed by atoms with Crippen molar-refractivity contribution in [2.75, 3.05) is 5.32 Å². The number of hydrogen-bond donors (Lipinski definition) is 2. The normalized spacial score (nSPS) is 11.9. The highest BCUT2D eigenvalue weighted by Crippen LogP contribution is 2.28. The molecule has 1 atom stereocenters. The number of carbonyl (C=O) groups is 1. The monoisotopic (exact) mass is 397 g/mol. The number of carboxylic acid groups (broad SMARTS) is 1. The van der Waals surface area contributed by atoms with Crippen molar-refractivity contribution in [3.05, 3.63) is 62.5 Å². The molecule has 2 aromatic carbocycles. The Bertz CT molecular complexity index is 626. The van der Waals surface area contributed by atoms with Crippen LogP contribution in [0.15, 0.2) is 51.4 Å². The van der Waals surface area contributed by atoms with Crippen LogP contribution >= 0.6 is 31.9 Å². The fourth-order valence-electron chi connectivity index (χ4n) is 1.85. The summed E-state index contributed by atoms with van der Waals surface area (Å²) in [5, 5.41) is 12.5. The van der Waals surface area contributed by atoms with E-state index in [-0.39, 0.29) is 0 Å². The molecular formula is C15H13Br2NO2. The van der Waals surface area contributed by atoms with Crippen molar-refractivity contribution in [2.45, 2.75) is 13.0 Å². The summed E-state index contributed by atoms with van der Waals surface area (Å²) >= 11 is 6.78. The third-order valence-corrected chi connectivity index (χ3v) is 4.08. The van der Waals surface area contributed by atoms with Crippen molar-refractivity contribution >= 4 is 43.5 Å². The second-order valence-corrected chi connectivity index (χ2v) is 6.22. The lowest BCUT2D eigenvalue weighted by atomic mass is 10.0. The quantitative estimate of drug-likeness (QED) is 0.780. The van der Waals surface area contributed by atoms with Gasteiger partial charge in [-0.3, -0.25) is 0 Å². The number of benzene rings is 2. The van der Waals surface area contributed by atoms with Crippen LogP contribution in [0.3, 0.4) is 0 Å². The van der Waals surface area contributed by atoms with Crippen molar-refractivity contribution in [3.63, 3.8) is 0 Å². The molecule has 0 radical (unpaired) electrons. The number of halogens is 2. The van der Waals surface area contributed by atoms with Gasteiger partial charge in [-0.15, -0.1) is 0 Å². The van der Waals surface area contributed by atoms with Gasteiger partial charge in [0.15, 0.2) is 6.04 Å². The summed E-state index contributed by atoms with van der Waals surface area (Å²) in [4.78, 5) is 11.5. The predicted molar refractivity (Wildman–Crippen MR) is 87.0 cm³/mol. The fraction of sp³-hybridized carbons (Fsp3) is 0.133. The molecule has 0 saturated carbocycles. The lowest BCUT2D eigenvalue weighted by Gasteiger charge is -2.18. The number of hydrogen-bond acceptors (Lipinski definition) is 2. The first-order valence-corrected chi connectivity index (χ1v) is 7.57. The van der Waals surface area contributed by atoms with Crippen LogP contribution in [-0.4, -0.2) is 11.1 Å². The first-order valence-electron chi connectivity index (χ1n) is 5.98. The maximum Gasteiger partial charge on any atom is 0.330 e. The number of aryl methyl sites for hydroxylation is 1. The highest BCUT2D eigenvalue weighted by molar-refractivity contribution is 9.10. The second kappa shape index (κ2) is 6.41. The van der Waals surface area contributed by atoms with Gasteiger partial charge in [-0.2, -0.15) is 0 Å². The van der Waals surface area contributed by atoms with Crippen molar-refractivity contribution in [1.29, 1.82) is 0 Å². The zero-order valence-electron chi connectivity index (χ0n) is 10.7. The average Bonchev–Trinajstić information content (AvgIpc) is 2.39. The van der Waals surface area contributed by atoms with Gasteiger partial charge in [-0.05, 0) is 48.4 Å². The molecule has 2 rings (SSSR count). The number of anilines is 1. The van der Waals surface area contributed by atoms with Gasteiger partial charge in [0.1, 0.15) is 0 Å². The minimum atomic E-state index is -0.919.